The maximum atomic E-state index is 12.9. The first-order valence-electron chi connectivity index (χ1n) is 10.6. The summed E-state index contributed by atoms with van der Waals surface area (Å²) in [6.07, 6.45) is 2.13. The van der Waals surface area contributed by atoms with Crippen molar-refractivity contribution >= 4 is 32.8 Å². The van der Waals surface area contributed by atoms with Crippen LogP contribution in [-0.4, -0.2) is 32.4 Å². The molecule has 0 saturated heterocycles. The van der Waals surface area contributed by atoms with Crippen LogP contribution in [0.1, 0.15) is 47.0 Å². The summed E-state index contributed by atoms with van der Waals surface area (Å²) in [4.78, 5) is 24.4. The van der Waals surface area contributed by atoms with Crippen molar-refractivity contribution in [3.63, 3.8) is 0 Å². The molecule has 2 aromatic carbocycles. The van der Waals surface area contributed by atoms with E-state index in [0.717, 1.165) is 17.1 Å². The summed E-state index contributed by atoms with van der Waals surface area (Å²) < 4.78 is 25.8. The number of hydrogen-bond donors (Lipinski definition) is 1. The Morgan fingerprint density at radius 3 is 2.20 bits per heavy atom. The lowest BCUT2D eigenvalue weighted by Crippen LogP contribution is -2.41. The molecule has 164 valence electrons. The van der Waals surface area contributed by atoms with Crippen molar-refractivity contribution in [2.45, 2.75) is 57.9 Å². The van der Waals surface area contributed by atoms with Gasteiger partial charge in [0.05, 0.1) is 16.7 Å². The minimum absolute atomic E-state index is 0.105. The summed E-state index contributed by atoms with van der Waals surface area (Å²) in [5, 5.41) is 4.66. The van der Waals surface area contributed by atoms with Crippen molar-refractivity contribution in [2.24, 2.45) is 17.8 Å². The number of benzene rings is 2. The first-order valence-corrected chi connectivity index (χ1v) is 12.2. The van der Waals surface area contributed by atoms with E-state index >= 15 is 0 Å². The van der Waals surface area contributed by atoms with Crippen LogP contribution in [0.4, 0.5) is 0 Å². The second-order valence-corrected chi connectivity index (χ2v) is 10.9. The summed E-state index contributed by atoms with van der Waals surface area (Å²) in [7, 11) is -3.52. The highest BCUT2D eigenvalue weighted by molar-refractivity contribution is 7.91. The van der Waals surface area contributed by atoms with E-state index in [1.165, 1.54) is 0 Å². The molecule has 0 aliphatic carbocycles. The lowest BCUT2D eigenvalue weighted by atomic mass is 9.93. The van der Waals surface area contributed by atoms with Gasteiger partial charge in [0.1, 0.15) is 6.29 Å². The number of carbonyl (C=O) groups excluding carboxylic acids is 2. The van der Waals surface area contributed by atoms with Crippen molar-refractivity contribution in [3.8, 4) is 0 Å². The third-order valence-electron chi connectivity index (χ3n) is 5.16. The Hall–Kier alpha value is -2.21. The van der Waals surface area contributed by atoms with Gasteiger partial charge in [0, 0.05) is 5.92 Å². The normalized spacial score (nSPS) is 14.1. The van der Waals surface area contributed by atoms with Crippen LogP contribution in [0.15, 0.2) is 47.4 Å². The van der Waals surface area contributed by atoms with Crippen LogP contribution in [0, 0.1) is 17.8 Å². The van der Waals surface area contributed by atoms with E-state index < -0.39 is 21.8 Å². The van der Waals surface area contributed by atoms with E-state index in [1.807, 2.05) is 52.0 Å². The molecule has 5 nitrogen and oxygen atoms in total. The molecule has 0 bridgehead atoms. The van der Waals surface area contributed by atoms with E-state index in [-0.39, 0.29) is 34.8 Å². The summed E-state index contributed by atoms with van der Waals surface area (Å²) in [5.41, 5.74) is 0. The highest BCUT2D eigenvalue weighted by Gasteiger charge is 2.26. The zero-order chi connectivity index (χ0) is 22.3. The number of amides is 1. The predicted molar refractivity (Wildman–Crippen MR) is 121 cm³/mol. The van der Waals surface area contributed by atoms with Crippen LogP contribution in [0.3, 0.4) is 0 Å². The average Bonchev–Trinajstić information content (AvgIpc) is 2.69. The molecule has 1 amide bonds. The molecule has 2 aromatic rings. The molecule has 30 heavy (non-hydrogen) atoms. The molecule has 2 atom stereocenters. The summed E-state index contributed by atoms with van der Waals surface area (Å²) >= 11 is 0. The number of fused-ring (bicyclic) bond motifs is 1. The molecule has 0 fully saturated rings. The first kappa shape index (κ1) is 24.1. The quantitative estimate of drug-likeness (QED) is 0.535. The maximum absolute atomic E-state index is 12.9. The van der Waals surface area contributed by atoms with Gasteiger partial charge in [-0.05, 0) is 54.0 Å². The molecular formula is C24H33NO4S. The van der Waals surface area contributed by atoms with E-state index in [4.69, 9.17) is 0 Å². The Morgan fingerprint density at radius 2 is 1.60 bits per heavy atom. The SMILES string of the molecule is CC(C)C[C@@H](CCS(=O)(=O)c1ccc2ccccc2c1)C(=O)N[C@H](C=O)CC(C)C. The average molecular weight is 432 g/mol. The molecular weight excluding hydrogens is 398 g/mol. The zero-order valence-electron chi connectivity index (χ0n) is 18.3. The minimum atomic E-state index is -3.52. The third-order valence-corrected chi connectivity index (χ3v) is 6.90. The predicted octanol–water partition coefficient (Wildman–Crippen LogP) is 4.40. The van der Waals surface area contributed by atoms with Gasteiger partial charge < -0.3 is 10.1 Å². The number of aldehydes is 1. The van der Waals surface area contributed by atoms with E-state index in [1.54, 1.807) is 18.2 Å². The van der Waals surface area contributed by atoms with Gasteiger partial charge in [-0.2, -0.15) is 0 Å². The number of hydrogen-bond acceptors (Lipinski definition) is 4. The molecule has 1 N–H and O–H groups in total. The standard InChI is InChI=1S/C24H33NO4S/c1-17(2)13-21(24(27)25-22(16-26)14-18(3)4)11-12-30(28,29)23-10-9-19-7-5-6-8-20(19)15-23/h5-10,15-18,21-22H,11-14H2,1-4H3,(H,25,27)/t21-,22+/m1/s1. The molecule has 0 aromatic heterocycles. The van der Waals surface area contributed by atoms with Crippen LogP contribution in [0.25, 0.3) is 10.8 Å². The van der Waals surface area contributed by atoms with Gasteiger partial charge >= 0.3 is 0 Å². The van der Waals surface area contributed by atoms with Crippen molar-refractivity contribution in [3.05, 3.63) is 42.5 Å². The van der Waals surface area contributed by atoms with Gasteiger partial charge in [-0.25, -0.2) is 8.42 Å². The van der Waals surface area contributed by atoms with Crippen molar-refractivity contribution in [2.75, 3.05) is 5.75 Å². The first-order chi connectivity index (χ1) is 14.1. The number of sulfone groups is 1. The Bertz CT molecular complexity index is 966. The molecule has 0 spiro atoms. The smallest absolute Gasteiger partial charge is 0.223 e. The second-order valence-electron chi connectivity index (χ2n) is 8.82. The van der Waals surface area contributed by atoms with Gasteiger partial charge in [0.25, 0.3) is 0 Å². The van der Waals surface area contributed by atoms with Crippen LogP contribution >= 0.6 is 0 Å². The Balaban J connectivity index is 2.13. The topological polar surface area (TPSA) is 80.3 Å². The van der Waals surface area contributed by atoms with Crippen molar-refractivity contribution < 1.29 is 18.0 Å². The molecule has 0 aliphatic rings. The van der Waals surface area contributed by atoms with Crippen LogP contribution < -0.4 is 5.32 Å². The second kappa shape index (κ2) is 10.7. The van der Waals surface area contributed by atoms with Gasteiger partial charge in [-0.1, -0.05) is 58.0 Å². The van der Waals surface area contributed by atoms with Crippen LogP contribution in [0.5, 0.6) is 0 Å². The molecule has 0 aliphatic heterocycles. The number of carbonyl (C=O) groups is 2. The van der Waals surface area contributed by atoms with E-state index in [2.05, 4.69) is 5.32 Å². The third kappa shape index (κ3) is 6.94. The highest BCUT2D eigenvalue weighted by Crippen LogP contribution is 2.23. The maximum Gasteiger partial charge on any atom is 0.223 e. The van der Waals surface area contributed by atoms with Gasteiger partial charge in [0.2, 0.25) is 5.91 Å². The highest BCUT2D eigenvalue weighted by atomic mass is 32.2. The monoisotopic (exact) mass is 431 g/mol. The largest absolute Gasteiger partial charge is 0.346 e. The fourth-order valence-corrected chi connectivity index (χ4v) is 5.07. The Labute approximate surface area is 180 Å². The van der Waals surface area contributed by atoms with Crippen molar-refractivity contribution in [1.82, 2.24) is 5.32 Å². The summed E-state index contributed by atoms with van der Waals surface area (Å²) in [5.74, 6) is -0.280. The molecule has 0 radical (unpaired) electrons. The lowest BCUT2D eigenvalue weighted by Gasteiger charge is -2.22. The molecule has 0 unspecified atom stereocenters. The minimum Gasteiger partial charge on any atom is -0.346 e. The van der Waals surface area contributed by atoms with Crippen LogP contribution in [-0.2, 0) is 19.4 Å². The zero-order valence-corrected chi connectivity index (χ0v) is 19.1. The molecule has 0 saturated carbocycles. The van der Waals surface area contributed by atoms with Crippen LogP contribution in [0.2, 0.25) is 0 Å². The molecule has 6 heteroatoms. The molecule has 2 rings (SSSR count). The summed E-state index contributed by atoms with van der Waals surface area (Å²) in [6.45, 7) is 7.99. The van der Waals surface area contributed by atoms with E-state index in [0.29, 0.717) is 12.8 Å². The van der Waals surface area contributed by atoms with Gasteiger partial charge in [0.15, 0.2) is 9.84 Å². The van der Waals surface area contributed by atoms with Crippen molar-refractivity contribution in [1.29, 1.82) is 0 Å². The Morgan fingerprint density at radius 1 is 0.967 bits per heavy atom. The van der Waals surface area contributed by atoms with Gasteiger partial charge in [-0.15, -0.1) is 0 Å². The molecule has 0 heterocycles. The summed E-state index contributed by atoms with van der Waals surface area (Å²) in [6, 6.07) is 12.2. The number of rotatable bonds is 11. The number of nitrogens with one attached hydrogen (secondary N) is 1. The van der Waals surface area contributed by atoms with Gasteiger partial charge in [-0.3, -0.25) is 4.79 Å². The van der Waals surface area contributed by atoms with E-state index in [9.17, 15) is 18.0 Å². The fourth-order valence-electron chi connectivity index (χ4n) is 3.66. The Kier molecular flexibility index (Phi) is 8.59. The fraction of sp³-hybridized carbons (Fsp3) is 0.500. The lowest BCUT2D eigenvalue weighted by molar-refractivity contribution is -0.128.